The van der Waals surface area contributed by atoms with E-state index in [2.05, 4.69) is 6.58 Å². The van der Waals surface area contributed by atoms with Gasteiger partial charge in [-0.05, 0) is 18.6 Å². The highest BCUT2D eigenvalue weighted by Gasteiger charge is 2.34. The number of allylic oxidation sites excluding steroid dienone is 3. The molecule has 0 amide bonds. The first-order valence-electron chi connectivity index (χ1n) is 4.80. The molecule has 76 valence electrons. The molecule has 2 atom stereocenters. The molecule has 2 nitrogen and oxygen atoms in total. The summed E-state index contributed by atoms with van der Waals surface area (Å²) in [5.74, 6) is -0.359. The molecular formula is C12H16O2. The van der Waals surface area contributed by atoms with Crippen LogP contribution in [0.1, 0.15) is 20.3 Å². The predicted molar refractivity (Wildman–Crippen MR) is 56.8 cm³/mol. The number of carbonyl (C=O) groups is 1. The number of ketones is 1. The van der Waals surface area contributed by atoms with Crippen molar-refractivity contribution in [3.8, 4) is 0 Å². The van der Waals surface area contributed by atoms with E-state index in [4.69, 9.17) is 0 Å². The molecule has 0 bridgehead atoms. The summed E-state index contributed by atoms with van der Waals surface area (Å²) in [7, 11) is 0. The molecule has 0 aromatic rings. The van der Waals surface area contributed by atoms with E-state index in [-0.39, 0.29) is 5.78 Å². The van der Waals surface area contributed by atoms with Crippen molar-refractivity contribution >= 4 is 5.78 Å². The van der Waals surface area contributed by atoms with Gasteiger partial charge in [-0.3, -0.25) is 4.79 Å². The third kappa shape index (κ3) is 2.02. The van der Waals surface area contributed by atoms with Crippen molar-refractivity contribution in [2.45, 2.75) is 25.9 Å². The van der Waals surface area contributed by atoms with Gasteiger partial charge in [-0.1, -0.05) is 31.7 Å². The molecule has 0 saturated carbocycles. The van der Waals surface area contributed by atoms with Crippen LogP contribution in [0.25, 0.3) is 0 Å². The zero-order valence-corrected chi connectivity index (χ0v) is 8.66. The average Bonchev–Trinajstić information content (AvgIpc) is 2.15. The number of hydrogen-bond donors (Lipinski definition) is 1. The first-order chi connectivity index (χ1) is 6.51. The lowest BCUT2D eigenvalue weighted by Crippen LogP contribution is -2.38. The molecule has 0 fully saturated rings. The van der Waals surface area contributed by atoms with Crippen LogP contribution in [0, 0.1) is 5.92 Å². The Morgan fingerprint density at radius 2 is 2.43 bits per heavy atom. The van der Waals surface area contributed by atoms with Gasteiger partial charge in [0.15, 0.2) is 0 Å². The molecule has 0 aliphatic heterocycles. The second-order valence-electron chi connectivity index (χ2n) is 3.73. The highest BCUT2D eigenvalue weighted by molar-refractivity contribution is 5.84. The van der Waals surface area contributed by atoms with Gasteiger partial charge in [0.25, 0.3) is 0 Å². The summed E-state index contributed by atoms with van der Waals surface area (Å²) in [6, 6.07) is 0. The molecule has 0 aromatic heterocycles. The average molecular weight is 192 g/mol. The van der Waals surface area contributed by atoms with Crippen LogP contribution >= 0.6 is 0 Å². The first kappa shape index (κ1) is 10.9. The normalized spacial score (nSPS) is 31.1. The zero-order chi connectivity index (χ0) is 10.8. The Kier molecular flexibility index (Phi) is 3.06. The molecule has 2 unspecified atom stereocenters. The molecule has 1 aliphatic rings. The van der Waals surface area contributed by atoms with E-state index in [0.717, 1.165) is 5.57 Å². The van der Waals surface area contributed by atoms with Crippen LogP contribution in [0.4, 0.5) is 0 Å². The van der Waals surface area contributed by atoms with Crippen molar-refractivity contribution < 1.29 is 9.90 Å². The minimum absolute atomic E-state index is 0.0608. The van der Waals surface area contributed by atoms with Crippen LogP contribution in [-0.2, 0) is 4.79 Å². The van der Waals surface area contributed by atoms with E-state index < -0.39 is 11.5 Å². The number of hydrogen-bond acceptors (Lipinski definition) is 2. The Labute approximate surface area is 84.6 Å². The fourth-order valence-corrected chi connectivity index (χ4v) is 1.66. The molecule has 0 spiro atoms. The molecule has 0 saturated heterocycles. The van der Waals surface area contributed by atoms with Crippen LogP contribution in [0.15, 0.2) is 36.5 Å². The van der Waals surface area contributed by atoms with Gasteiger partial charge in [0.1, 0.15) is 5.78 Å². The van der Waals surface area contributed by atoms with Crippen molar-refractivity contribution in [2.24, 2.45) is 5.92 Å². The molecule has 1 N–H and O–H groups in total. The fraction of sp³-hybridized carbons (Fsp3) is 0.417. The summed E-state index contributed by atoms with van der Waals surface area (Å²) >= 11 is 0. The van der Waals surface area contributed by atoms with E-state index in [0.29, 0.717) is 6.42 Å². The van der Waals surface area contributed by atoms with Gasteiger partial charge < -0.3 is 5.11 Å². The highest BCUT2D eigenvalue weighted by Crippen LogP contribution is 2.28. The maximum atomic E-state index is 11.5. The van der Waals surface area contributed by atoms with Gasteiger partial charge in [0.05, 0.1) is 11.5 Å². The smallest absolute Gasteiger partial charge is 0.142 e. The van der Waals surface area contributed by atoms with Gasteiger partial charge in [0, 0.05) is 6.42 Å². The summed E-state index contributed by atoms with van der Waals surface area (Å²) in [6.45, 7) is 7.08. The van der Waals surface area contributed by atoms with Gasteiger partial charge in [-0.2, -0.15) is 0 Å². The Hall–Kier alpha value is -1.15. The molecule has 14 heavy (non-hydrogen) atoms. The van der Waals surface area contributed by atoms with Crippen molar-refractivity contribution in [3.63, 3.8) is 0 Å². The lowest BCUT2D eigenvalue weighted by Gasteiger charge is -2.29. The lowest BCUT2D eigenvalue weighted by molar-refractivity contribution is -0.126. The minimum atomic E-state index is -1.08. The van der Waals surface area contributed by atoms with Crippen LogP contribution in [-0.4, -0.2) is 16.5 Å². The number of Topliss-reactive ketones (excluding diaryl/α,β-unsaturated/α-hetero) is 1. The van der Waals surface area contributed by atoms with E-state index in [1.807, 2.05) is 6.08 Å². The second-order valence-corrected chi connectivity index (χ2v) is 3.73. The first-order valence-corrected chi connectivity index (χ1v) is 4.80. The topological polar surface area (TPSA) is 37.3 Å². The maximum absolute atomic E-state index is 11.5. The summed E-state index contributed by atoms with van der Waals surface area (Å²) in [6.07, 6.45) is 7.37. The summed E-state index contributed by atoms with van der Waals surface area (Å²) < 4.78 is 0. The van der Waals surface area contributed by atoms with Gasteiger partial charge in [-0.25, -0.2) is 0 Å². The standard InChI is InChI=1S/C12H16O2/c1-4-9-6-7-10(11(13)5-2)12(3,14)8-9/h4,6-8,10,14H,1,5H2,2-3H3. The molecule has 0 radical (unpaired) electrons. The summed E-state index contributed by atoms with van der Waals surface area (Å²) in [5, 5.41) is 10.0. The predicted octanol–water partition coefficient (Wildman–Crippen LogP) is 2.01. The zero-order valence-electron chi connectivity index (χ0n) is 8.66. The fourth-order valence-electron chi connectivity index (χ4n) is 1.66. The third-order valence-electron chi connectivity index (χ3n) is 2.50. The van der Waals surface area contributed by atoms with Gasteiger partial charge >= 0.3 is 0 Å². The maximum Gasteiger partial charge on any atom is 0.142 e. The molecule has 0 aromatic carbocycles. The van der Waals surface area contributed by atoms with E-state index in [9.17, 15) is 9.90 Å². The molecule has 2 heteroatoms. The quantitative estimate of drug-likeness (QED) is 0.742. The molecule has 1 aliphatic carbocycles. The van der Waals surface area contributed by atoms with Crippen LogP contribution in [0.2, 0.25) is 0 Å². The monoisotopic (exact) mass is 192 g/mol. The SMILES string of the molecule is C=CC1=CC(C)(O)C(C(=O)CC)C=C1. The molecule has 1 rings (SSSR count). The number of aliphatic hydroxyl groups is 1. The van der Waals surface area contributed by atoms with Crippen LogP contribution in [0.3, 0.4) is 0 Å². The van der Waals surface area contributed by atoms with Crippen molar-refractivity contribution in [1.82, 2.24) is 0 Å². The molecule has 0 heterocycles. The number of rotatable bonds is 3. The van der Waals surface area contributed by atoms with E-state index in [1.165, 1.54) is 0 Å². The Morgan fingerprint density at radius 3 is 2.86 bits per heavy atom. The van der Waals surface area contributed by atoms with Crippen molar-refractivity contribution in [3.05, 3.63) is 36.5 Å². The van der Waals surface area contributed by atoms with E-state index >= 15 is 0 Å². The Balaban J connectivity index is 2.96. The lowest BCUT2D eigenvalue weighted by atomic mass is 9.80. The van der Waals surface area contributed by atoms with Crippen molar-refractivity contribution in [1.29, 1.82) is 0 Å². The second kappa shape index (κ2) is 3.93. The Morgan fingerprint density at radius 1 is 1.79 bits per heavy atom. The third-order valence-corrected chi connectivity index (χ3v) is 2.50. The van der Waals surface area contributed by atoms with E-state index in [1.54, 1.807) is 32.1 Å². The Bertz CT molecular complexity index is 308. The van der Waals surface area contributed by atoms with Crippen LogP contribution < -0.4 is 0 Å². The van der Waals surface area contributed by atoms with Crippen LogP contribution in [0.5, 0.6) is 0 Å². The van der Waals surface area contributed by atoms with Crippen molar-refractivity contribution in [2.75, 3.05) is 0 Å². The largest absolute Gasteiger partial charge is 0.385 e. The van der Waals surface area contributed by atoms with Gasteiger partial charge in [-0.15, -0.1) is 0 Å². The summed E-state index contributed by atoms with van der Waals surface area (Å²) in [4.78, 5) is 11.5. The highest BCUT2D eigenvalue weighted by atomic mass is 16.3. The van der Waals surface area contributed by atoms with Gasteiger partial charge in [0.2, 0.25) is 0 Å². The molecular weight excluding hydrogens is 176 g/mol. The number of carbonyl (C=O) groups excluding carboxylic acids is 1. The summed E-state index contributed by atoms with van der Waals surface area (Å²) in [5.41, 5.74) is -0.221. The minimum Gasteiger partial charge on any atom is -0.385 e.